The molecular formula is C18H36. The van der Waals surface area contributed by atoms with E-state index in [0.717, 1.165) is 29.1 Å². The van der Waals surface area contributed by atoms with Gasteiger partial charge >= 0.3 is 0 Å². The predicted octanol–water partition coefficient (Wildman–Crippen LogP) is 6.30. The summed E-state index contributed by atoms with van der Waals surface area (Å²) >= 11 is 0. The lowest BCUT2D eigenvalue weighted by Gasteiger charge is -2.24. The first-order chi connectivity index (χ1) is 8.49. The van der Waals surface area contributed by atoms with E-state index in [1.165, 1.54) is 44.9 Å². The molecule has 1 rings (SSSR count). The van der Waals surface area contributed by atoms with Gasteiger partial charge in [-0.25, -0.2) is 0 Å². The molecular weight excluding hydrogens is 216 g/mol. The van der Waals surface area contributed by atoms with Crippen LogP contribution in [0.3, 0.4) is 0 Å². The van der Waals surface area contributed by atoms with E-state index in [0.29, 0.717) is 0 Å². The molecule has 1 saturated carbocycles. The number of hydrogen-bond acceptors (Lipinski definition) is 0. The van der Waals surface area contributed by atoms with Crippen LogP contribution in [0.5, 0.6) is 0 Å². The van der Waals surface area contributed by atoms with Gasteiger partial charge in [0.15, 0.2) is 0 Å². The summed E-state index contributed by atoms with van der Waals surface area (Å²) in [7, 11) is 0. The zero-order valence-corrected chi connectivity index (χ0v) is 13.8. The molecule has 0 aromatic carbocycles. The number of hydrogen-bond donors (Lipinski definition) is 0. The summed E-state index contributed by atoms with van der Waals surface area (Å²) in [5, 5.41) is 0. The summed E-state index contributed by atoms with van der Waals surface area (Å²) in [6.07, 6.45) is 10.1. The smallest absolute Gasteiger partial charge is 0.0241 e. The molecule has 18 heavy (non-hydrogen) atoms. The molecule has 3 unspecified atom stereocenters. The van der Waals surface area contributed by atoms with Gasteiger partial charge in [0.1, 0.15) is 0 Å². The highest BCUT2D eigenvalue weighted by Crippen LogP contribution is 2.64. The van der Waals surface area contributed by atoms with Crippen molar-refractivity contribution in [2.45, 2.75) is 86.5 Å². The molecule has 0 aromatic heterocycles. The monoisotopic (exact) mass is 252 g/mol. The second-order valence-corrected chi connectivity index (χ2v) is 7.25. The average molecular weight is 252 g/mol. The average Bonchev–Trinajstić information content (AvgIpc) is 2.85. The van der Waals surface area contributed by atoms with E-state index in [9.17, 15) is 0 Å². The van der Waals surface area contributed by atoms with Gasteiger partial charge in [-0.15, -0.1) is 0 Å². The van der Waals surface area contributed by atoms with Crippen molar-refractivity contribution in [3.8, 4) is 0 Å². The Morgan fingerprint density at radius 3 is 1.89 bits per heavy atom. The van der Waals surface area contributed by atoms with Crippen LogP contribution in [0.15, 0.2) is 0 Å². The van der Waals surface area contributed by atoms with E-state index in [1.807, 2.05) is 0 Å². The highest BCUT2D eigenvalue weighted by Gasteiger charge is 2.57. The van der Waals surface area contributed by atoms with Crippen molar-refractivity contribution in [3.63, 3.8) is 0 Å². The SMILES string of the molecule is CCCCC1(CCC(CCC)C(C)C)C(C)C1C. The molecule has 108 valence electrons. The predicted molar refractivity (Wildman–Crippen MR) is 82.8 cm³/mol. The summed E-state index contributed by atoms with van der Waals surface area (Å²) < 4.78 is 0. The molecule has 0 heterocycles. The highest BCUT2D eigenvalue weighted by atomic mass is 14.6. The van der Waals surface area contributed by atoms with Gasteiger partial charge in [-0.3, -0.25) is 0 Å². The van der Waals surface area contributed by atoms with Crippen LogP contribution in [0.25, 0.3) is 0 Å². The first-order valence-electron chi connectivity index (χ1n) is 8.49. The van der Waals surface area contributed by atoms with Crippen LogP contribution in [0.4, 0.5) is 0 Å². The van der Waals surface area contributed by atoms with Crippen molar-refractivity contribution in [1.82, 2.24) is 0 Å². The van der Waals surface area contributed by atoms with Crippen LogP contribution < -0.4 is 0 Å². The molecule has 3 atom stereocenters. The summed E-state index contributed by atoms with van der Waals surface area (Å²) in [5.74, 6) is 3.81. The molecule has 1 aliphatic carbocycles. The van der Waals surface area contributed by atoms with Gasteiger partial charge in [-0.2, -0.15) is 0 Å². The number of rotatable bonds is 9. The minimum Gasteiger partial charge on any atom is -0.0654 e. The van der Waals surface area contributed by atoms with E-state index in [-0.39, 0.29) is 0 Å². The van der Waals surface area contributed by atoms with Gasteiger partial charge in [0.2, 0.25) is 0 Å². The van der Waals surface area contributed by atoms with Crippen LogP contribution in [0.1, 0.15) is 86.5 Å². The fourth-order valence-electron chi connectivity index (χ4n) is 4.13. The lowest BCUT2D eigenvalue weighted by Crippen LogP contribution is -2.13. The largest absolute Gasteiger partial charge is 0.0654 e. The van der Waals surface area contributed by atoms with Crippen LogP contribution in [-0.4, -0.2) is 0 Å². The zero-order valence-electron chi connectivity index (χ0n) is 13.8. The molecule has 1 aliphatic rings. The zero-order chi connectivity index (χ0) is 13.8. The molecule has 0 N–H and O–H groups in total. The maximum atomic E-state index is 2.49. The van der Waals surface area contributed by atoms with E-state index < -0.39 is 0 Å². The Hall–Kier alpha value is 0. The van der Waals surface area contributed by atoms with Gasteiger partial charge in [0.25, 0.3) is 0 Å². The molecule has 0 spiro atoms. The van der Waals surface area contributed by atoms with Crippen LogP contribution >= 0.6 is 0 Å². The number of unbranched alkanes of at least 4 members (excludes halogenated alkanes) is 1. The molecule has 1 fully saturated rings. The first kappa shape index (κ1) is 16.1. The second kappa shape index (κ2) is 6.96. The van der Waals surface area contributed by atoms with Crippen molar-refractivity contribution >= 4 is 0 Å². The Labute approximate surface area is 116 Å². The standard InChI is InChI=1S/C18H36/c1-7-9-12-18(15(5)16(18)6)13-11-17(10-8-2)14(3)4/h14-17H,7-13H2,1-6H3. The third-order valence-electron chi connectivity index (χ3n) is 6.03. The first-order valence-corrected chi connectivity index (χ1v) is 8.49. The van der Waals surface area contributed by atoms with Crippen molar-refractivity contribution < 1.29 is 0 Å². The Kier molecular flexibility index (Phi) is 6.21. The Morgan fingerprint density at radius 1 is 0.889 bits per heavy atom. The van der Waals surface area contributed by atoms with Crippen molar-refractivity contribution in [2.75, 3.05) is 0 Å². The highest BCUT2D eigenvalue weighted by molar-refractivity contribution is 5.05. The van der Waals surface area contributed by atoms with Gasteiger partial charge in [0, 0.05) is 0 Å². The molecule has 0 radical (unpaired) electrons. The summed E-state index contributed by atoms with van der Waals surface area (Å²) in [6, 6.07) is 0. The van der Waals surface area contributed by atoms with Crippen molar-refractivity contribution in [1.29, 1.82) is 0 Å². The molecule has 0 heteroatoms. The fourth-order valence-corrected chi connectivity index (χ4v) is 4.13. The molecule has 0 amide bonds. The Morgan fingerprint density at radius 2 is 1.50 bits per heavy atom. The minimum absolute atomic E-state index is 0.733. The normalized spacial score (nSPS) is 32.8. The fraction of sp³-hybridized carbons (Fsp3) is 1.00. The van der Waals surface area contributed by atoms with Crippen LogP contribution in [0, 0.1) is 29.1 Å². The van der Waals surface area contributed by atoms with E-state index in [2.05, 4.69) is 41.5 Å². The van der Waals surface area contributed by atoms with E-state index >= 15 is 0 Å². The summed E-state index contributed by atoms with van der Waals surface area (Å²) in [6.45, 7) is 14.5. The topological polar surface area (TPSA) is 0 Å². The van der Waals surface area contributed by atoms with Gasteiger partial charge in [0.05, 0.1) is 0 Å². The minimum atomic E-state index is 0.733. The molecule has 0 bridgehead atoms. The van der Waals surface area contributed by atoms with Crippen LogP contribution in [-0.2, 0) is 0 Å². The van der Waals surface area contributed by atoms with Crippen molar-refractivity contribution in [3.05, 3.63) is 0 Å². The maximum Gasteiger partial charge on any atom is -0.0241 e. The van der Waals surface area contributed by atoms with Gasteiger partial charge in [-0.05, 0) is 48.3 Å². The van der Waals surface area contributed by atoms with E-state index in [1.54, 1.807) is 0 Å². The lowest BCUT2D eigenvalue weighted by atomic mass is 9.81. The summed E-state index contributed by atoms with van der Waals surface area (Å²) in [5.41, 5.74) is 0.733. The van der Waals surface area contributed by atoms with Gasteiger partial charge < -0.3 is 0 Å². The van der Waals surface area contributed by atoms with E-state index in [4.69, 9.17) is 0 Å². The second-order valence-electron chi connectivity index (χ2n) is 7.25. The van der Waals surface area contributed by atoms with Gasteiger partial charge in [-0.1, -0.05) is 67.2 Å². The third kappa shape index (κ3) is 3.52. The van der Waals surface area contributed by atoms with Crippen molar-refractivity contribution in [2.24, 2.45) is 29.1 Å². The molecule has 0 nitrogen and oxygen atoms in total. The molecule has 0 saturated heterocycles. The van der Waals surface area contributed by atoms with Crippen LogP contribution in [0.2, 0.25) is 0 Å². The molecule has 0 aromatic rings. The molecule has 0 aliphatic heterocycles. The lowest BCUT2D eigenvalue weighted by molar-refractivity contribution is 0.265. The summed E-state index contributed by atoms with van der Waals surface area (Å²) in [4.78, 5) is 0. The quantitative estimate of drug-likeness (QED) is 0.451. The third-order valence-corrected chi connectivity index (χ3v) is 6.03. The Balaban J connectivity index is 2.47. The Bertz CT molecular complexity index is 220. The maximum absolute atomic E-state index is 2.49.